The van der Waals surface area contributed by atoms with Crippen LogP contribution in [-0.4, -0.2) is 4.57 Å². The molecular weight excluding hydrogens is 508 g/mol. The molecule has 8 rings (SSSR count). The molecule has 1 aromatic heterocycles. The number of para-hydroxylation sites is 3. The summed E-state index contributed by atoms with van der Waals surface area (Å²) >= 11 is 0. The first-order chi connectivity index (χ1) is 20.9. The molecule has 0 fully saturated rings. The van der Waals surface area contributed by atoms with E-state index < -0.39 is 0 Å². The Balaban J connectivity index is 1.45. The normalized spacial score (nSPS) is 11.3. The van der Waals surface area contributed by atoms with Gasteiger partial charge >= 0.3 is 0 Å². The fourth-order valence-electron chi connectivity index (χ4n) is 6.26. The number of anilines is 3. The van der Waals surface area contributed by atoms with E-state index in [1.54, 1.807) is 0 Å². The molecular formula is C40H28N2. The van der Waals surface area contributed by atoms with Gasteiger partial charge in [-0.25, -0.2) is 0 Å². The molecule has 2 nitrogen and oxygen atoms in total. The van der Waals surface area contributed by atoms with E-state index in [1.165, 1.54) is 43.7 Å². The van der Waals surface area contributed by atoms with E-state index in [0.717, 1.165) is 22.7 Å². The average molecular weight is 537 g/mol. The van der Waals surface area contributed by atoms with Gasteiger partial charge < -0.3 is 9.47 Å². The van der Waals surface area contributed by atoms with Crippen LogP contribution in [0.3, 0.4) is 0 Å². The van der Waals surface area contributed by atoms with E-state index in [0.29, 0.717) is 0 Å². The molecule has 0 aliphatic carbocycles. The van der Waals surface area contributed by atoms with Crippen molar-refractivity contribution in [2.45, 2.75) is 0 Å². The lowest BCUT2D eigenvalue weighted by atomic mass is 10.0. The summed E-state index contributed by atoms with van der Waals surface area (Å²) in [7, 11) is 0. The SMILES string of the molecule is c1ccc(-c2ccc(N(c3ccccc3)c3cccc4c5ccc6ccccc6c5n(-c5ccccc5)c34)cc2)cc1. The van der Waals surface area contributed by atoms with Gasteiger partial charge in [0.2, 0.25) is 0 Å². The minimum Gasteiger partial charge on any atom is -0.308 e. The lowest BCUT2D eigenvalue weighted by Gasteiger charge is -2.27. The highest BCUT2D eigenvalue weighted by Gasteiger charge is 2.22. The van der Waals surface area contributed by atoms with E-state index in [1.807, 2.05) is 0 Å². The van der Waals surface area contributed by atoms with Crippen molar-refractivity contribution < 1.29 is 0 Å². The molecule has 2 heteroatoms. The van der Waals surface area contributed by atoms with Gasteiger partial charge in [0.05, 0.1) is 16.7 Å². The van der Waals surface area contributed by atoms with Crippen LogP contribution in [0.2, 0.25) is 0 Å². The van der Waals surface area contributed by atoms with Crippen LogP contribution < -0.4 is 4.90 Å². The largest absolute Gasteiger partial charge is 0.308 e. The highest BCUT2D eigenvalue weighted by Crippen LogP contribution is 2.44. The first kappa shape index (κ1) is 24.2. The lowest BCUT2D eigenvalue weighted by Crippen LogP contribution is -2.11. The Morgan fingerprint density at radius 1 is 0.357 bits per heavy atom. The fraction of sp³-hybridized carbons (Fsp3) is 0. The molecule has 0 aliphatic heterocycles. The van der Waals surface area contributed by atoms with Crippen LogP contribution in [0.25, 0.3) is 49.4 Å². The van der Waals surface area contributed by atoms with Crippen molar-refractivity contribution in [2.75, 3.05) is 4.90 Å². The molecule has 7 aromatic carbocycles. The summed E-state index contributed by atoms with van der Waals surface area (Å²) < 4.78 is 2.45. The zero-order chi connectivity index (χ0) is 27.9. The molecule has 0 amide bonds. The molecule has 0 unspecified atom stereocenters. The third kappa shape index (κ3) is 3.96. The van der Waals surface area contributed by atoms with Crippen LogP contribution in [-0.2, 0) is 0 Å². The van der Waals surface area contributed by atoms with Crippen LogP contribution in [0.15, 0.2) is 170 Å². The highest BCUT2D eigenvalue weighted by atomic mass is 15.2. The highest BCUT2D eigenvalue weighted by molar-refractivity contribution is 6.21. The van der Waals surface area contributed by atoms with Gasteiger partial charge in [-0.15, -0.1) is 0 Å². The molecule has 0 bridgehead atoms. The van der Waals surface area contributed by atoms with Gasteiger partial charge in [0.15, 0.2) is 0 Å². The van der Waals surface area contributed by atoms with Crippen LogP contribution in [0, 0.1) is 0 Å². The Hall–Kier alpha value is -5.60. The van der Waals surface area contributed by atoms with Gasteiger partial charge in [0.1, 0.15) is 0 Å². The number of hydrogen-bond donors (Lipinski definition) is 0. The molecule has 8 aromatic rings. The number of rotatable bonds is 5. The summed E-state index contributed by atoms with van der Waals surface area (Å²) in [5.41, 5.74) is 9.35. The molecule has 0 radical (unpaired) electrons. The quantitative estimate of drug-likeness (QED) is 0.212. The second-order valence-electron chi connectivity index (χ2n) is 10.6. The molecule has 0 spiro atoms. The minimum absolute atomic E-state index is 1.11. The second kappa shape index (κ2) is 10.1. The van der Waals surface area contributed by atoms with Crippen LogP contribution in [0.5, 0.6) is 0 Å². The van der Waals surface area contributed by atoms with Crippen LogP contribution in [0.1, 0.15) is 0 Å². The zero-order valence-corrected chi connectivity index (χ0v) is 23.1. The lowest BCUT2D eigenvalue weighted by molar-refractivity contribution is 1.17. The standard InChI is InChI=1S/C40H28N2/c1-4-13-29(14-5-1)30-23-26-34(27-24-30)41(32-16-6-2-7-17-32)38-22-12-21-36-37-28-25-31-15-10-11-20-35(31)39(37)42(40(36)38)33-18-8-3-9-19-33/h1-28H. The summed E-state index contributed by atoms with van der Waals surface area (Å²) in [4.78, 5) is 2.39. The molecule has 0 saturated carbocycles. The summed E-state index contributed by atoms with van der Waals surface area (Å²) in [6.07, 6.45) is 0. The smallest absolute Gasteiger partial charge is 0.0782 e. The molecule has 198 valence electrons. The predicted octanol–water partition coefficient (Wildman–Crippen LogP) is 11.1. The molecule has 0 aliphatic rings. The number of aromatic nitrogens is 1. The van der Waals surface area contributed by atoms with Gasteiger partial charge in [-0.1, -0.05) is 127 Å². The van der Waals surface area contributed by atoms with Gasteiger partial charge in [0.25, 0.3) is 0 Å². The second-order valence-corrected chi connectivity index (χ2v) is 10.6. The third-order valence-corrected chi connectivity index (χ3v) is 8.16. The van der Waals surface area contributed by atoms with E-state index in [9.17, 15) is 0 Å². The number of hydrogen-bond acceptors (Lipinski definition) is 1. The monoisotopic (exact) mass is 536 g/mol. The summed E-state index contributed by atoms with van der Waals surface area (Å²) in [6.45, 7) is 0. The Kier molecular flexibility index (Phi) is 5.82. The molecule has 0 N–H and O–H groups in total. The van der Waals surface area contributed by atoms with Gasteiger partial charge in [0, 0.05) is 33.2 Å². The van der Waals surface area contributed by atoms with Crippen LogP contribution in [0.4, 0.5) is 17.1 Å². The maximum Gasteiger partial charge on any atom is 0.0782 e. The van der Waals surface area contributed by atoms with E-state index >= 15 is 0 Å². The van der Waals surface area contributed by atoms with Crippen LogP contribution >= 0.6 is 0 Å². The predicted molar refractivity (Wildman–Crippen MR) is 178 cm³/mol. The third-order valence-electron chi connectivity index (χ3n) is 8.16. The van der Waals surface area contributed by atoms with Gasteiger partial charge in [-0.05, 0) is 59.0 Å². The first-order valence-corrected chi connectivity index (χ1v) is 14.4. The topological polar surface area (TPSA) is 8.17 Å². The summed E-state index contributed by atoms with van der Waals surface area (Å²) in [5, 5.41) is 4.98. The van der Waals surface area contributed by atoms with Crippen molar-refractivity contribution in [3.8, 4) is 16.8 Å². The molecule has 0 atom stereocenters. The molecule has 42 heavy (non-hydrogen) atoms. The van der Waals surface area contributed by atoms with Crippen molar-refractivity contribution in [3.63, 3.8) is 0 Å². The van der Waals surface area contributed by atoms with Crippen molar-refractivity contribution >= 4 is 49.6 Å². The number of fused-ring (bicyclic) bond motifs is 5. The Bertz CT molecular complexity index is 2160. The van der Waals surface area contributed by atoms with Crippen molar-refractivity contribution in [1.82, 2.24) is 4.57 Å². The Morgan fingerprint density at radius 3 is 1.69 bits per heavy atom. The van der Waals surface area contributed by atoms with Crippen molar-refractivity contribution in [1.29, 1.82) is 0 Å². The maximum atomic E-state index is 2.45. The first-order valence-electron chi connectivity index (χ1n) is 14.4. The van der Waals surface area contributed by atoms with E-state index in [2.05, 4.69) is 179 Å². The average Bonchev–Trinajstić information content (AvgIpc) is 3.42. The fourth-order valence-corrected chi connectivity index (χ4v) is 6.26. The van der Waals surface area contributed by atoms with E-state index in [4.69, 9.17) is 0 Å². The Morgan fingerprint density at radius 2 is 0.929 bits per heavy atom. The molecule has 1 heterocycles. The Labute approximate surface area is 245 Å². The maximum absolute atomic E-state index is 2.45. The summed E-state index contributed by atoms with van der Waals surface area (Å²) in [6, 6.07) is 60.8. The minimum atomic E-state index is 1.11. The number of benzene rings is 7. The van der Waals surface area contributed by atoms with E-state index in [-0.39, 0.29) is 0 Å². The summed E-state index contributed by atoms with van der Waals surface area (Å²) in [5.74, 6) is 0. The van der Waals surface area contributed by atoms with Crippen molar-refractivity contribution in [3.05, 3.63) is 170 Å². The molecule has 0 saturated heterocycles. The zero-order valence-electron chi connectivity index (χ0n) is 23.1. The van der Waals surface area contributed by atoms with Gasteiger partial charge in [-0.3, -0.25) is 0 Å². The van der Waals surface area contributed by atoms with Crippen molar-refractivity contribution in [2.24, 2.45) is 0 Å². The van der Waals surface area contributed by atoms with Gasteiger partial charge in [-0.2, -0.15) is 0 Å². The number of nitrogens with zero attached hydrogens (tertiary/aromatic N) is 2.